The monoisotopic (exact) mass is 716 g/mol. The second-order valence-electron chi connectivity index (χ2n) is 9.86. The maximum Gasteiger partial charge on any atom is 0.337 e. The highest BCUT2D eigenvalue weighted by Gasteiger charge is 2.32. The van der Waals surface area contributed by atoms with Crippen LogP contribution in [0.25, 0.3) is 0 Å². The Bertz CT molecular complexity index is 1620. The fourth-order valence-electron chi connectivity index (χ4n) is 4.51. The van der Waals surface area contributed by atoms with Gasteiger partial charge in [0.05, 0.1) is 43.7 Å². The van der Waals surface area contributed by atoms with Gasteiger partial charge in [-0.05, 0) is 66.9 Å². The summed E-state index contributed by atoms with van der Waals surface area (Å²) in [6.45, 7) is 3.87. The second-order valence-corrected chi connectivity index (χ2v) is 11.2. The topological polar surface area (TPSA) is 149 Å². The third-order valence-corrected chi connectivity index (χ3v) is 7.47. The number of ether oxygens (including phenoxy) is 5. The molecule has 4 N–H and O–H groups in total. The number of methoxy groups -OCH3 is 2. The number of rotatable bonds is 14. The molecule has 0 bridgehead atoms. The van der Waals surface area contributed by atoms with Gasteiger partial charge in [-0.15, -0.1) is 0 Å². The van der Waals surface area contributed by atoms with Crippen LogP contribution in [0.5, 0.6) is 23.0 Å². The Labute approximate surface area is 279 Å². The van der Waals surface area contributed by atoms with E-state index in [1.165, 1.54) is 20.4 Å². The number of aliphatic hydroxyl groups excluding tert-OH is 1. The first-order valence-electron chi connectivity index (χ1n) is 14.1. The van der Waals surface area contributed by atoms with Gasteiger partial charge in [-0.2, -0.15) is 5.10 Å². The average molecular weight is 718 g/mol. The van der Waals surface area contributed by atoms with Crippen molar-refractivity contribution < 1.29 is 38.4 Å². The van der Waals surface area contributed by atoms with E-state index in [4.69, 9.17) is 35.3 Å². The van der Waals surface area contributed by atoms with Crippen molar-refractivity contribution >= 4 is 45.7 Å². The fourth-order valence-corrected chi connectivity index (χ4v) is 5.05. The number of amides is 2. The number of hydrogen-bond acceptors (Lipinski definition) is 10. The lowest BCUT2D eigenvalue weighted by atomic mass is 9.95. The summed E-state index contributed by atoms with van der Waals surface area (Å²) in [7, 11) is 2.78. The molecule has 0 saturated carbocycles. The SMILES string of the molecule is CCOc1cc([C@H]2NC(=O)NC(C)=C2C(=O)OC)ccc1OC[C@H](O)N/N=C\c1cc(Cl)c(OCc2ccc(Br)cc2)c(OC)c1. The van der Waals surface area contributed by atoms with Crippen molar-refractivity contribution in [1.29, 1.82) is 0 Å². The van der Waals surface area contributed by atoms with Crippen molar-refractivity contribution in [1.82, 2.24) is 16.1 Å². The average Bonchev–Trinajstić information content (AvgIpc) is 3.03. The lowest BCUT2D eigenvalue weighted by molar-refractivity contribution is -0.136. The molecule has 14 heteroatoms. The number of aliphatic hydroxyl groups is 1. The summed E-state index contributed by atoms with van der Waals surface area (Å²) in [6, 6.07) is 14.9. The van der Waals surface area contributed by atoms with Gasteiger partial charge in [-0.1, -0.05) is 45.7 Å². The third-order valence-electron chi connectivity index (χ3n) is 6.66. The quantitative estimate of drug-likeness (QED) is 0.0764. The van der Waals surface area contributed by atoms with Gasteiger partial charge in [0, 0.05) is 10.2 Å². The molecule has 0 unspecified atom stereocenters. The van der Waals surface area contributed by atoms with E-state index in [1.807, 2.05) is 24.3 Å². The van der Waals surface area contributed by atoms with Crippen molar-refractivity contribution in [2.45, 2.75) is 32.7 Å². The van der Waals surface area contributed by atoms with Gasteiger partial charge in [0.15, 0.2) is 29.2 Å². The van der Waals surface area contributed by atoms with Crippen molar-refractivity contribution in [2.75, 3.05) is 27.4 Å². The van der Waals surface area contributed by atoms with Gasteiger partial charge >= 0.3 is 12.0 Å². The summed E-state index contributed by atoms with van der Waals surface area (Å²) in [5.41, 5.74) is 5.39. The number of hydrazone groups is 1. The second kappa shape index (κ2) is 16.2. The summed E-state index contributed by atoms with van der Waals surface area (Å²) in [5.74, 6) is 0.942. The number of hydrogen-bond donors (Lipinski definition) is 4. The third kappa shape index (κ3) is 8.83. The van der Waals surface area contributed by atoms with Crippen LogP contribution in [0.3, 0.4) is 0 Å². The van der Waals surface area contributed by atoms with Gasteiger partial charge in [-0.25, -0.2) is 9.59 Å². The summed E-state index contributed by atoms with van der Waals surface area (Å²) < 4.78 is 28.8. The molecular formula is C32H34BrClN4O8. The Morgan fingerprint density at radius 3 is 2.54 bits per heavy atom. The number of carbonyl (C=O) groups is 2. The van der Waals surface area contributed by atoms with Gasteiger partial charge in [0.2, 0.25) is 0 Å². The van der Waals surface area contributed by atoms with Crippen molar-refractivity contribution in [3.05, 3.63) is 92.1 Å². The Morgan fingerprint density at radius 2 is 1.85 bits per heavy atom. The molecule has 0 spiro atoms. The number of carbonyl (C=O) groups excluding carboxylic acids is 2. The molecule has 4 rings (SSSR count). The zero-order valence-corrected chi connectivity index (χ0v) is 27.9. The number of halogens is 2. The summed E-state index contributed by atoms with van der Waals surface area (Å²) in [6.07, 6.45) is 0.287. The van der Waals surface area contributed by atoms with E-state index in [0.29, 0.717) is 58.1 Å². The van der Waals surface area contributed by atoms with Crippen LogP contribution in [0.1, 0.15) is 36.6 Å². The first-order chi connectivity index (χ1) is 22.1. The molecule has 0 fully saturated rings. The Balaban J connectivity index is 1.38. The molecule has 2 amide bonds. The lowest BCUT2D eigenvalue weighted by Gasteiger charge is -2.28. The van der Waals surface area contributed by atoms with Gasteiger partial charge in [0.25, 0.3) is 0 Å². The Hall–Kier alpha value is -4.46. The van der Waals surface area contributed by atoms with E-state index in [0.717, 1.165) is 10.0 Å². The Morgan fingerprint density at radius 1 is 1.09 bits per heavy atom. The van der Waals surface area contributed by atoms with Crippen LogP contribution >= 0.6 is 27.5 Å². The highest BCUT2D eigenvalue weighted by molar-refractivity contribution is 9.10. The maximum atomic E-state index is 12.5. The highest BCUT2D eigenvalue weighted by Crippen LogP contribution is 2.37. The fraction of sp³-hybridized carbons (Fsp3) is 0.281. The first kappa shape index (κ1) is 34.4. The largest absolute Gasteiger partial charge is 0.493 e. The van der Waals surface area contributed by atoms with E-state index in [-0.39, 0.29) is 12.2 Å². The molecule has 0 saturated heterocycles. The molecule has 3 aromatic rings. The smallest absolute Gasteiger partial charge is 0.337 e. The standard InChI is InChI=1S/C32H34BrClN4O8/c1-5-44-25-14-21(29-28(31(40)43-4)18(2)36-32(41)37-29)8-11-24(25)45-17-27(39)38-35-15-20-12-23(34)30(26(13-20)42-3)46-16-19-6-9-22(33)10-7-19/h6-15,27,29,38-39H,5,16-17H2,1-4H3,(H2,36,37,41)/b35-15-/t27-,29+/m0/s1. The molecule has 0 aliphatic carbocycles. The molecule has 0 aromatic heterocycles. The van der Waals surface area contributed by atoms with Crippen LogP contribution in [-0.4, -0.2) is 57.0 Å². The van der Waals surface area contributed by atoms with E-state index in [9.17, 15) is 14.7 Å². The summed E-state index contributed by atoms with van der Waals surface area (Å²) in [4.78, 5) is 24.6. The lowest BCUT2D eigenvalue weighted by Crippen LogP contribution is -2.45. The molecule has 12 nitrogen and oxygen atoms in total. The minimum absolute atomic E-state index is 0.180. The first-order valence-corrected chi connectivity index (χ1v) is 15.3. The van der Waals surface area contributed by atoms with Crippen LogP contribution in [0.15, 0.2) is 75.4 Å². The van der Waals surface area contributed by atoms with Gasteiger partial charge in [-0.3, -0.25) is 5.43 Å². The van der Waals surface area contributed by atoms with Crippen molar-refractivity contribution in [2.24, 2.45) is 5.10 Å². The number of nitrogens with zero attached hydrogens (tertiary/aromatic N) is 1. The predicted molar refractivity (Wildman–Crippen MR) is 175 cm³/mol. The molecule has 3 aromatic carbocycles. The number of urea groups is 1. The van der Waals surface area contributed by atoms with Crippen molar-refractivity contribution in [3.63, 3.8) is 0 Å². The van der Waals surface area contributed by atoms with Crippen LogP contribution in [0, 0.1) is 0 Å². The van der Waals surface area contributed by atoms with Crippen LogP contribution in [0.4, 0.5) is 4.79 Å². The summed E-state index contributed by atoms with van der Waals surface area (Å²) >= 11 is 9.90. The minimum atomic E-state index is -1.18. The molecule has 1 aliphatic rings. The molecular weight excluding hydrogens is 684 g/mol. The van der Waals surface area contributed by atoms with Gasteiger partial charge < -0.3 is 39.4 Å². The molecule has 2 atom stereocenters. The molecule has 244 valence electrons. The van der Waals surface area contributed by atoms with Crippen LogP contribution in [-0.2, 0) is 16.1 Å². The van der Waals surface area contributed by atoms with Gasteiger partial charge in [0.1, 0.15) is 13.2 Å². The Kier molecular flexibility index (Phi) is 12.1. The molecule has 0 radical (unpaired) electrons. The number of esters is 1. The maximum absolute atomic E-state index is 12.5. The summed E-state index contributed by atoms with van der Waals surface area (Å²) in [5, 5.41) is 20.2. The number of allylic oxidation sites excluding steroid dienone is 1. The highest BCUT2D eigenvalue weighted by atomic mass is 79.9. The molecule has 46 heavy (non-hydrogen) atoms. The van der Waals surface area contributed by atoms with Crippen LogP contribution in [0.2, 0.25) is 5.02 Å². The van der Waals surface area contributed by atoms with Crippen molar-refractivity contribution in [3.8, 4) is 23.0 Å². The zero-order chi connectivity index (χ0) is 33.2. The normalized spacial score (nSPS) is 15.1. The minimum Gasteiger partial charge on any atom is -0.493 e. The van der Waals surface area contributed by atoms with E-state index < -0.39 is 24.3 Å². The molecule has 1 aliphatic heterocycles. The van der Waals surface area contributed by atoms with E-state index in [2.05, 4.69) is 37.1 Å². The van der Waals surface area contributed by atoms with Crippen LogP contribution < -0.4 is 35.0 Å². The number of benzene rings is 3. The predicted octanol–water partition coefficient (Wildman–Crippen LogP) is 5.21. The van der Waals surface area contributed by atoms with E-state index in [1.54, 1.807) is 44.2 Å². The zero-order valence-electron chi connectivity index (χ0n) is 25.6. The van der Waals surface area contributed by atoms with E-state index >= 15 is 0 Å². The number of nitrogens with one attached hydrogen (secondary N) is 3. The molecule has 1 heterocycles.